The SMILES string of the molecule is CNC(c1cc(Br)c(C)cc1Br)c1c(F)cccc1Br. The minimum atomic E-state index is -0.239. The molecule has 1 N–H and O–H groups in total. The molecule has 1 unspecified atom stereocenters. The van der Waals surface area contributed by atoms with Crippen molar-refractivity contribution in [3.63, 3.8) is 0 Å². The highest BCUT2D eigenvalue weighted by atomic mass is 79.9. The van der Waals surface area contributed by atoms with Crippen molar-refractivity contribution in [1.29, 1.82) is 0 Å². The first kappa shape index (κ1) is 16.1. The molecule has 1 nitrogen and oxygen atoms in total. The van der Waals surface area contributed by atoms with Gasteiger partial charge in [-0.1, -0.05) is 53.9 Å². The molecule has 5 heteroatoms. The first-order valence-electron chi connectivity index (χ1n) is 6.02. The van der Waals surface area contributed by atoms with Crippen LogP contribution in [0.3, 0.4) is 0 Å². The number of rotatable bonds is 3. The van der Waals surface area contributed by atoms with Crippen LogP contribution in [0.5, 0.6) is 0 Å². The average molecular weight is 466 g/mol. The highest BCUT2D eigenvalue weighted by Gasteiger charge is 2.21. The van der Waals surface area contributed by atoms with Gasteiger partial charge in [0.15, 0.2) is 0 Å². The molecule has 106 valence electrons. The Kier molecular flexibility index (Phi) is 5.40. The molecule has 1 atom stereocenters. The zero-order valence-corrected chi connectivity index (χ0v) is 15.7. The van der Waals surface area contributed by atoms with Crippen LogP contribution in [0, 0.1) is 12.7 Å². The van der Waals surface area contributed by atoms with Gasteiger partial charge in [-0.2, -0.15) is 0 Å². The van der Waals surface area contributed by atoms with Gasteiger partial charge in [0.05, 0.1) is 6.04 Å². The molecule has 0 bridgehead atoms. The summed E-state index contributed by atoms with van der Waals surface area (Å²) in [6.45, 7) is 2.02. The van der Waals surface area contributed by atoms with E-state index in [1.165, 1.54) is 6.07 Å². The van der Waals surface area contributed by atoms with Crippen LogP contribution in [0.4, 0.5) is 4.39 Å². The Morgan fingerprint density at radius 1 is 1.05 bits per heavy atom. The van der Waals surface area contributed by atoms with Gasteiger partial charge in [-0.05, 0) is 49.4 Å². The van der Waals surface area contributed by atoms with E-state index in [0.29, 0.717) is 5.56 Å². The van der Waals surface area contributed by atoms with E-state index >= 15 is 0 Å². The fraction of sp³-hybridized carbons (Fsp3) is 0.200. The van der Waals surface area contributed by atoms with Gasteiger partial charge in [-0.25, -0.2) is 4.39 Å². The maximum absolute atomic E-state index is 14.2. The Morgan fingerprint density at radius 3 is 2.35 bits per heavy atom. The largest absolute Gasteiger partial charge is 0.309 e. The molecule has 2 aromatic rings. The van der Waals surface area contributed by atoms with E-state index in [1.807, 2.05) is 32.2 Å². The summed E-state index contributed by atoms with van der Waals surface area (Å²) in [5.74, 6) is -0.234. The summed E-state index contributed by atoms with van der Waals surface area (Å²) in [5, 5.41) is 3.18. The summed E-state index contributed by atoms with van der Waals surface area (Å²) in [5.41, 5.74) is 2.71. The van der Waals surface area contributed by atoms with E-state index in [9.17, 15) is 4.39 Å². The topological polar surface area (TPSA) is 12.0 Å². The highest BCUT2D eigenvalue weighted by Crippen LogP contribution is 2.36. The number of benzene rings is 2. The van der Waals surface area contributed by atoms with Crippen LogP contribution in [0.1, 0.15) is 22.7 Å². The van der Waals surface area contributed by atoms with Crippen LogP contribution < -0.4 is 5.32 Å². The Labute approximate surface area is 143 Å². The van der Waals surface area contributed by atoms with Crippen LogP contribution in [0.25, 0.3) is 0 Å². The summed E-state index contributed by atoms with van der Waals surface area (Å²) in [4.78, 5) is 0. The minimum Gasteiger partial charge on any atom is -0.309 e. The molecule has 0 aliphatic heterocycles. The first-order valence-corrected chi connectivity index (χ1v) is 8.40. The zero-order chi connectivity index (χ0) is 14.9. The summed E-state index contributed by atoms with van der Waals surface area (Å²) >= 11 is 10.5. The molecule has 0 spiro atoms. The van der Waals surface area contributed by atoms with Gasteiger partial charge in [0, 0.05) is 19.0 Å². The smallest absolute Gasteiger partial charge is 0.129 e. The molecule has 0 aromatic heterocycles. The van der Waals surface area contributed by atoms with Crippen molar-refractivity contribution in [1.82, 2.24) is 5.32 Å². The fourth-order valence-corrected chi connectivity index (χ4v) is 3.74. The molecular weight excluding hydrogens is 453 g/mol. The molecule has 0 aliphatic carbocycles. The van der Waals surface area contributed by atoms with E-state index in [1.54, 1.807) is 6.07 Å². The third kappa shape index (κ3) is 3.16. The number of hydrogen-bond acceptors (Lipinski definition) is 1. The molecule has 0 fully saturated rings. The van der Waals surface area contributed by atoms with Crippen molar-refractivity contribution in [3.8, 4) is 0 Å². The van der Waals surface area contributed by atoms with Crippen LogP contribution in [-0.4, -0.2) is 7.05 Å². The van der Waals surface area contributed by atoms with Crippen molar-refractivity contribution in [2.24, 2.45) is 0 Å². The monoisotopic (exact) mass is 463 g/mol. The quantitative estimate of drug-likeness (QED) is 0.610. The predicted molar refractivity (Wildman–Crippen MR) is 91.6 cm³/mol. The van der Waals surface area contributed by atoms with Gasteiger partial charge in [0.2, 0.25) is 0 Å². The molecule has 2 aromatic carbocycles. The lowest BCUT2D eigenvalue weighted by Gasteiger charge is -2.21. The second kappa shape index (κ2) is 6.69. The number of halogens is 4. The molecule has 0 saturated carbocycles. The average Bonchev–Trinajstić information content (AvgIpc) is 2.39. The van der Waals surface area contributed by atoms with E-state index in [2.05, 4.69) is 53.1 Å². The van der Waals surface area contributed by atoms with Gasteiger partial charge in [-0.3, -0.25) is 0 Å². The molecule has 0 aliphatic rings. The number of hydrogen-bond donors (Lipinski definition) is 1. The van der Waals surface area contributed by atoms with Crippen molar-refractivity contribution >= 4 is 47.8 Å². The minimum absolute atomic E-state index is 0.234. The summed E-state index contributed by atoms with van der Waals surface area (Å²) < 4.78 is 16.9. The normalized spacial score (nSPS) is 12.5. The van der Waals surface area contributed by atoms with Gasteiger partial charge < -0.3 is 5.32 Å². The lowest BCUT2D eigenvalue weighted by Crippen LogP contribution is -2.20. The third-order valence-electron chi connectivity index (χ3n) is 3.17. The van der Waals surface area contributed by atoms with Crippen molar-refractivity contribution < 1.29 is 4.39 Å². The summed E-state index contributed by atoms with van der Waals surface area (Å²) in [6.07, 6.45) is 0. The van der Waals surface area contributed by atoms with Crippen molar-refractivity contribution in [2.75, 3.05) is 7.05 Å². The first-order chi connectivity index (χ1) is 9.45. The number of aryl methyl sites for hydroxylation is 1. The van der Waals surface area contributed by atoms with Crippen LogP contribution in [0.2, 0.25) is 0 Å². The van der Waals surface area contributed by atoms with Crippen molar-refractivity contribution in [2.45, 2.75) is 13.0 Å². The Hall–Kier alpha value is -0.230. The van der Waals surface area contributed by atoms with Crippen molar-refractivity contribution in [3.05, 3.63) is 66.3 Å². The highest BCUT2D eigenvalue weighted by molar-refractivity contribution is 9.11. The van der Waals surface area contributed by atoms with Gasteiger partial charge in [-0.15, -0.1) is 0 Å². The van der Waals surface area contributed by atoms with Crippen LogP contribution >= 0.6 is 47.8 Å². The third-order valence-corrected chi connectivity index (χ3v) is 5.40. The standard InChI is InChI=1S/C15H13Br3FN/c1-8-6-12(18)9(7-11(8)17)15(20-2)14-10(16)4-3-5-13(14)19/h3-7,15,20H,1-2H3. The van der Waals surface area contributed by atoms with E-state index in [-0.39, 0.29) is 11.9 Å². The Balaban J connectivity index is 2.62. The summed E-state index contributed by atoms with van der Waals surface area (Å²) in [6, 6.07) is 8.81. The number of nitrogens with one attached hydrogen (secondary N) is 1. The molecule has 0 radical (unpaired) electrons. The van der Waals surface area contributed by atoms with Crippen LogP contribution in [0.15, 0.2) is 43.7 Å². The zero-order valence-electron chi connectivity index (χ0n) is 11.0. The predicted octanol–water partition coefficient (Wildman–Crippen LogP) is 5.73. The van der Waals surface area contributed by atoms with E-state index in [0.717, 1.165) is 24.5 Å². The summed E-state index contributed by atoms with van der Waals surface area (Å²) in [7, 11) is 1.82. The lowest BCUT2D eigenvalue weighted by molar-refractivity contribution is 0.573. The second-order valence-electron chi connectivity index (χ2n) is 4.48. The van der Waals surface area contributed by atoms with Gasteiger partial charge in [0.1, 0.15) is 5.82 Å². The molecule has 0 heterocycles. The van der Waals surface area contributed by atoms with Gasteiger partial charge >= 0.3 is 0 Å². The molecule has 2 rings (SSSR count). The second-order valence-corrected chi connectivity index (χ2v) is 7.04. The molecule has 0 amide bonds. The molecular formula is C15H13Br3FN. The Bertz CT molecular complexity index is 623. The van der Waals surface area contributed by atoms with E-state index in [4.69, 9.17) is 0 Å². The molecule has 20 heavy (non-hydrogen) atoms. The molecule has 0 saturated heterocycles. The van der Waals surface area contributed by atoms with Crippen LogP contribution in [-0.2, 0) is 0 Å². The Morgan fingerprint density at radius 2 is 1.75 bits per heavy atom. The van der Waals surface area contributed by atoms with Gasteiger partial charge in [0.25, 0.3) is 0 Å². The maximum atomic E-state index is 14.2. The lowest BCUT2D eigenvalue weighted by atomic mass is 9.97. The fourth-order valence-electron chi connectivity index (χ4n) is 2.12. The maximum Gasteiger partial charge on any atom is 0.129 e. The van der Waals surface area contributed by atoms with E-state index < -0.39 is 0 Å².